The summed E-state index contributed by atoms with van der Waals surface area (Å²) in [5.74, 6) is 0.846. The Balaban J connectivity index is 1.50. The van der Waals surface area contributed by atoms with Crippen LogP contribution in [0.5, 0.6) is 5.75 Å². The van der Waals surface area contributed by atoms with Crippen molar-refractivity contribution in [3.05, 3.63) is 64.0 Å². The number of hydrogen-bond acceptors (Lipinski definition) is 5. The number of carbonyl (C=O) groups is 1. The van der Waals surface area contributed by atoms with Gasteiger partial charge in [-0.25, -0.2) is 0 Å². The number of piperidine rings is 1. The second-order valence-corrected chi connectivity index (χ2v) is 9.22. The molecular weight excluding hydrogens is 428 g/mol. The van der Waals surface area contributed by atoms with Crippen molar-refractivity contribution in [2.24, 2.45) is 5.92 Å². The molecule has 1 fully saturated rings. The van der Waals surface area contributed by atoms with Crippen LogP contribution >= 0.6 is 0 Å². The fourth-order valence-electron chi connectivity index (χ4n) is 4.81. The van der Waals surface area contributed by atoms with E-state index in [-0.39, 0.29) is 23.0 Å². The van der Waals surface area contributed by atoms with Crippen molar-refractivity contribution in [1.82, 2.24) is 10.2 Å². The van der Waals surface area contributed by atoms with Gasteiger partial charge in [-0.05, 0) is 57.0 Å². The van der Waals surface area contributed by atoms with Crippen LogP contribution in [-0.2, 0) is 11.3 Å². The number of aromatic hydroxyl groups is 1. The van der Waals surface area contributed by atoms with Crippen LogP contribution < -0.4 is 10.7 Å². The van der Waals surface area contributed by atoms with Crippen molar-refractivity contribution >= 4 is 16.9 Å². The van der Waals surface area contributed by atoms with Gasteiger partial charge in [-0.15, -0.1) is 0 Å². The molecule has 6 heteroatoms. The second-order valence-electron chi connectivity index (χ2n) is 9.22. The molecule has 1 aliphatic heterocycles. The molecule has 6 nitrogen and oxygen atoms in total. The minimum atomic E-state index is -0.0929. The van der Waals surface area contributed by atoms with Gasteiger partial charge in [0.15, 0.2) is 0 Å². The molecule has 0 radical (unpaired) electrons. The summed E-state index contributed by atoms with van der Waals surface area (Å²) in [4.78, 5) is 28.0. The molecule has 0 atom stereocenters. The first kappa shape index (κ1) is 24.0. The number of rotatable bonds is 8. The fraction of sp³-hybridized carbons (Fsp3) is 0.429. The number of fused-ring (bicyclic) bond motifs is 1. The number of carbonyl (C=O) groups excluding carboxylic acids is 1. The van der Waals surface area contributed by atoms with E-state index < -0.39 is 0 Å². The van der Waals surface area contributed by atoms with E-state index in [9.17, 15) is 14.7 Å². The Hall–Kier alpha value is -3.12. The molecule has 0 saturated carbocycles. The molecule has 1 saturated heterocycles. The van der Waals surface area contributed by atoms with Gasteiger partial charge >= 0.3 is 0 Å². The van der Waals surface area contributed by atoms with Gasteiger partial charge in [-0.1, -0.05) is 50.1 Å². The standard InChI is InChI=1S/C28H34N2O4/c1-3-4-8-15-29-28(33)21-13-16-30(17-14-21)18-23-24(31)12-11-22-26(32)25(19(2)34-27(22)23)20-9-6-5-7-10-20/h5-7,9-12,21,31H,3-4,8,13-18H2,1-2H3,(H,29,33). The highest BCUT2D eigenvalue weighted by Crippen LogP contribution is 2.32. The normalized spacial score (nSPS) is 15.0. The molecule has 0 spiro atoms. The van der Waals surface area contributed by atoms with E-state index in [0.717, 1.165) is 57.3 Å². The van der Waals surface area contributed by atoms with Crippen molar-refractivity contribution in [2.75, 3.05) is 19.6 Å². The van der Waals surface area contributed by atoms with E-state index in [1.165, 1.54) is 0 Å². The topological polar surface area (TPSA) is 82.8 Å². The lowest BCUT2D eigenvalue weighted by Crippen LogP contribution is -2.40. The lowest BCUT2D eigenvalue weighted by molar-refractivity contribution is -0.126. The Morgan fingerprint density at radius 1 is 1.12 bits per heavy atom. The number of likely N-dealkylation sites (tertiary alicyclic amines) is 1. The van der Waals surface area contributed by atoms with Crippen molar-refractivity contribution < 1.29 is 14.3 Å². The third-order valence-electron chi connectivity index (χ3n) is 6.80. The van der Waals surface area contributed by atoms with Gasteiger partial charge in [0.1, 0.15) is 17.1 Å². The van der Waals surface area contributed by atoms with E-state index >= 15 is 0 Å². The highest BCUT2D eigenvalue weighted by molar-refractivity contribution is 5.86. The summed E-state index contributed by atoms with van der Waals surface area (Å²) in [7, 11) is 0. The molecule has 3 aromatic rings. The molecule has 0 aliphatic carbocycles. The van der Waals surface area contributed by atoms with Crippen LogP contribution in [0.15, 0.2) is 51.7 Å². The smallest absolute Gasteiger partial charge is 0.223 e. The third-order valence-corrected chi connectivity index (χ3v) is 6.80. The van der Waals surface area contributed by atoms with Crippen molar-refractivity contribution in [1.29, 1.82) is 0 Å². The summed E-state index contributed by atoms with van der Waals surface area (Å²) in [6.07, 6.45) is 4.87. The number of benzene rings is 2. The number of phenols is 1. The predicted octanol–water partition coefficient (Wildman–Crippen LogP) is 4.99. The number of hydrogen-bond donors (Lipinski definition) is 2. The maximum atomic E-state index is 13.4. The van der Waals surface area contributed by atoms with Crippen LogP contribution in [0.3, 0.4) is 0 Å². The van der Waals surface area contributed by atoms with Gasteiger partial charge < -0.3 is 14.8 Å². The molecule has 34 heavy (non-hydrogen) atoms. The number of aryl methyl sites for hydroxylation is 1. The van der Waals surface area contributed by atoms with Crippen molar-refractivity contribution in [3.8, 4) is 16.9 Å². The van der Waals surface area contributed by atoms with Crippen LogP contribution in [0.4, 0.5) is 0 Å². The molecule has 0 unspecified atom stereocenters. The predicted molar refractivity (Wildman–Crippen MR) is 135 cm³/mol. The minimum Gasteiger partial charge on any atom is -0.507 e. The highest BCUT2D eigenvalue weighted by atomic mass is 16.3. The van der Waals surface area contributed by atoms with E-state index in [1.54, 1.807) is 19.1 Å². The number of unbranched alkanes of at least 4 members (excludes halogenated alkanes) is 2. The Kier molecular flexibility index (Phi) is 7.68. The van der Waals surface area contributed by atoms with E-state index in [2.05, 4.69) is 17.1 Å². The average Bonchev–Trinajstić information content (AvgIpc) is 2.85. The molecule has 2 heterocycles. The Bertz CT molecular complexity index is 1190. The SMILES string of the molecule is CCCCCNC(=O)C1CCN(Cc2c(O)ccc3c(=O)c(-c4ccccc4)c(C)oc23)CC1. The minimum absolute atomic E-state index is 0.0348. The molecule has 1 amide bonds. The average molecular weight is 463 g/mol. The largest absolute Gasteiger partial charge is 0.507 e. The van der Waals surface area contributed by atoms with Gasteiger partial charge in [0.25, 0.3) is 0 Å². The Morgan fingerprint density at radius 3 is 2.56 bits per heavy atom. The zero-order chi connectivity index (χ0) is 24.1. The molecular formula is C28H34N2O4. The first-order valence-corrected chi connectivity index (χ1v) is 12.3. The Labute approximate surface area is 200 Å². The lowest BCUT2D eigenvalue weighted by Gasteiger charge is -2.31. The van der Waals surface area contributed by atoms with E-state index in [1.807, 2.05) is 30.3 Å². The number of amides is 1. The van der Waals surface area contributed by atoms with Gasteiger partial charge in [-0.2, -0.15) is 0 Å². The highest BCUT2D eigenvalue weighted by Gasteiger charge is 2.26. The lowest BCUT2D eigenvalue weighted by atomic mass is 9.95. The quantitative estimate of drug-likeness (QED) is 0.461. The molecule has 2 aromatic carbocycles. The molecule has 2 N–H and O–H groups in total. The van der Waals surface area contributed by atoms with E-state index in [4.69, 9.17) is 4.42 Å². The van der Waals surface area contributed by atoms with Gasteiger partial charge in [-0.3, -0.25) is 14.5 Å². The van der Waals surface area contributed by atoms with Crippen LogP contribution in [0.1, 0.15) is 50.4 Å². The summed E-state index contributed by atoms with van der Waals surface area (Å²) in [5, 5.41) is 14.2. The molecule has 1 aromatic heterocycles. The fourth-order valence-corrected chi connectivity index (χ4v) is 4.81. The molecule has 180 valence electrons. The summed E-state index contributed by atoms with van der Waals surface area (Å²) in [6.45, 7) is 6.69. The third kappa shape index (κ3) is 5.17. The molecule has 4 rings (SSSR count). The van der Waals surface area contributed by atoms with E-state index in [0.29, 0.717) is 34.4 Å². The summed E-state index contributed by atoms with van der Waals surface area (Å²) in [5.41, 5.74) is 2.35. The van der Waals surface area contributed by atoms with Crippen LogP contribution in [0.2, 0.25) is 0 Å². The monoisotopic (exact) mass is 462 g/mol. The number of nitrogens with one attached hydrogen (secondary N) is 1. The number of nitrogens with zero attached hydrogens (tertiary/aromatic N) is 1. The number of phenolic OH excluding ortho intramolecular Hbond substituents is 1. The maximum absolute atomic E-state index is 13.4. The van der Waals surface area contributed by atoms with Crippen LogP contribution in [0.25, 0.3) is 22.1 Å². The second kappa shape index (κ2) is 10.9. The van der Waals surface area contributed by atoms with Gasteiger partial charge in [0, 0.05) is 19.0 Å². The first-order valence-electron chi connectivity index (χ1n) is 12.3. The van der Waals surface area contributed by atoms with Gasteiger partial charge in [0.2, 0.25) is 11.3 Å². The van der Waals surface area contributed by atoms with Crippen molar-refractivity contribution in [3.63, 3.8) is 0 Å². The maximum Gasteiger partial charge on any atom is 0.223 e. The summed E-state index contributed by atoms with van der Waals surface area (Å²) < 4.78 is 6.15. The molecule has 0 bridgehead atoms. The van der Waals surface area contributed by atoms with Gasteiger partial charge in [0.05, 0.1) is 16.5 Å². The summed E-state index contributed by atoms with van der Waals surface area (Å²) >= 11 is 0. The van der Waals surface area contributed by atoms with Crippen LogP contribution in [0, 0.1) is 12.8 Å². The molecule has 1 aliphatic rings. The zero-order valence-electron chi connectivity index (χ0n) is 20.1. The van der Waals surface area contributed by atoms with Crippen LogP contribution in [-0.4, -0.2) is 35.5 Å². The zero-order valence-corrected chi connectivity index (χ0v) is 20.1. The van der Waals surface area contributed by atoms with Crippen molar-refractivity contribution in [2.45, 2.75) is 52.5 Å². The Morgan fingerprint density at radius 2 is 1.85 bits per heavy atom. The first-order chi connectivity index (χ1) is 16.5. The summed E-state index contributed by atoms with van der Waals surface area (Å²) in [6, 6.07) is 12.7.